The van der Waals surface area contributed by atoms with E-state index in [9.17, 15) is 4.79 Å². The number of ether oxygens (including phenoxy) is 1. The van der Waals surface area contributed by atoms with Crippen LogP contribution in [0.3, 0.4) is 0 Å². The van der Waals surface area contributed by atoms with Crippen LogP contribution in [-0.4, -0.2) is 48.6 Å². The van der Waals surface area contributed by atoms with Gasteiger partial charge in [0.15, 0.2) is 0 Å². The van der Waals surface area contributed by atoms with E-state index >= 15 is 0 Å². The molecule has 0 aliphatic carbocycles. The summed E-state index contributed by atoms with van der Waals surface area (Å²) in [5.41, 5.74) is 0. The van der Waals surface area contributed by atoms with Gasteiger partial charge in [0.25, 0.3) is 0 Å². The molecule has 100 valence electrons. The molecule has 0 spiro atoms. The molecule has 0 aromatic carbocycles. The number of likely N-dealkylation sites (tertiary alicyclic amines) is 1. The smallest absolute Gasteiger partial charge is 0.307 e. The van der Waals surface area contributed by atoms with Crippen molar-refractivity contribution in [1.82, 2.24) is 4.90 Å². The molecule has 1 aliphatic heterocycles. The van der Waals surface area contributed by atoms with Gasteiger partial charge in [0.1, 0.15) is 0 Å². The molecule has 3 nitrogen and oxygen atoms in total. The van der Waals surface area contributed by atoms with Gasteiger partial charge in [-0.25, -0.2) is 0 Å². The van der Waals surface area contributed by atoms with E-state index in [2.05, 4.69) is 11.2 Å². The van der Waals surface area contributed by atoms with E-state index in [0.717, 1.165) is 19.5 Å². The van der Waals surface area contributed by atoms with Crippen molar-refractivity contribution < 1.29 is 9.53 Å². The largest absolute Gasteiger partial charge is 0.466 e. The van der Waals surface area contributed by atoms with Crippen molar-refractivity contribution in [3.05, 3.63) is 0 Å². The maximum Gasteiger partial charge on any atom is 0.307 e. The summed E-state index contributed by atoms with van der Waals surface area (Å²) >= 11 is 1.88. The highest BCUT2D eigenvalue weighted by Crippen LogP contribution is 2.19. The van der Waals surface area contributed by atoms with E-state index in [-0.39, 0.29) is 5.97 Å². The third-order valence-corrected chi connectivity index (χ3v) is 3.95. The van der Waals surface area contributed by atoms with E-state index < -0.39 is 0 Å². The van der Waals surface area contributed by atoms with Crippen molar-refractivity contribution in [2.45, 2.75) is 45.1 Å². The molecule has 1 atom stereocenters. The maximum atomic E-state index is 11.6. The predicted octanol–water partition coefficient (Wildman–Crippen LogP) is 2.55. The Kier molecular flexibility index (Phi) is 7.69. The molecular formula is C13H25NO2S. The summed E-state index contributed by atoms with van der Waals surface area (Å²) in [6.07, 6.45) is 7.59. The number of thioether (sulfide) groups is 1. The van der Waals surface area contributed by atoms with Gasteiger partial charge < -0.3 is 4.74 Å². The van der Waals surface area contributed by atoms with Crippen LogP contribution < -0.4 is 0 Å². The highest BCUT2D eigenvalue weighted by atomic mass is 32.2. The van der Waals surface area contributed by atoms with Crippen molar-refractivity contribution >= 4 is 17.7 Å². The first kappa shape index (κ1) is 14.8. The summed E-state index contributed by atoms with van der Waals surface area (Å²) in [6, 6.07) is 0.406. The van der Waals surface area contributed by atoms with Gasteiger partial charge in [0, 0.05) is 6.04 Å². The van der Waals surface area contributed by atoms with Crippen LogP contribution in [0.25, 0.3) is 0 Å². The average Bonchev–Trinajstić information content (AvgIpc) is 2.81. The van der Waals surface area contributed by atoms with Gasteiger partial charge in [-0.2, -0.15) is 11.8 Å². The van der Waals surface area contributed by atoms with Gasteiger partial charge in [-0.3, -0.25) is 9.69 Å². The molecule has 0 saturated carbocycles. The molecule has 1 unspecified atom stereocenters. The SMILES string of the molecule is CCOC(=O)CC(CCCSC)N1CCCC1. The van der Waals surface area contributed by atoms with E-state index in [1.807, 2.05) is 18.7 Å². The average molecular weight is 259 g/mol. The molecule has 0 bridgehead atoms. The molecule has 1 heterocycles. The molecule has 1 aliphatic rings. The second kappa shape index (κ2) is 8.81. The third kappa shape index (κ3) is 5.77. The number of esters is 1. The second-order valence-corrected chi connectivity index (χ2v) is 5.53. The van der Waals surface area contributed by atoms with Crippen molar-refractivity contribution in [1.29, 1.82) is 0 Å². The first-order chi connectivity index (χ1) is 8.27. The standard InChI is InChI=1S/C13H25NO2S/c1-3-16-13(15)11-12(7-6-10-17-2)14-8-4-5-9-14/h12H,3-11H2,1-2H3. The Bertz CT molecular complexity index is 217. The summed E-state index contributed by atoms with van der Waals surface area (Å²) in [5.74, 6) is 1.15. The van der Waals surface area contributed by atoms with Crippen LogP contribution in [-0.2, 0) is 9.53 Å². The lowest BCUT2D eigenvalue weighted by atomic mass is 10.1. The Labute approximate surface area is 109 Å². The molecule has 0 amide bonds. The van der Waals surface area contributed by atoms with Crippen LogP contribution >= 0.6 is 11.8 Å². The van der Waals surface area contributed by atoms with Crippen LogP contribution in [0.15, 0.2) is 0 Å². The first-order valence-corrected chi connectivity index (χ1v) is 8.06. The number of carbonyl (C=O) groups is 1. The molecule has 1 saturated heterocycles. The lowest BCUT2D eigenvalue weighted by Gasteiger charge is -2.26. The Hall–Kier alpha value is -0.220. The van der Waals surface area contributed by atoms with Crippen molar-refractivity contribution in [3.63, 3.8) is 0 Å². The quantitative estimate of drug-likeness (QED) is 0.495. The lowest BCUT2D eigenvalue weighted by molar-refractivity contribution is -0.144. The monoisotopic (exact) mass is 259 g/mol. The van der Waals surface area contributed by atoms with Crippen LogP contribution in [0.1, 0.15) is 39.0 Å². The zero-order valence-corrected chi connectivity index (χ0v) is 11.9. The molecule has 0 N–H and O–H groups in total. The van der Waals surface area contributed by atoms with Gasteiger partial charge in [0.05, 0.1) is 13.0 Å². The van der Waals surface area contributed by atoms with E-state index in [4.69, 9.17) is 4.74 Å². The molecule has 0 aromatic heterocycles. The van der Waals surface area contributed by atoms with Gasteiger partial charge >= 0.3 is 5.97 Å². The summed E-state index contributed by atoms with van der Waals surface area (Å²) < 4.78 is 5.07. The van der Waals surface area contributed by atoms with Gasteiger partial charge in [-0.05, 0) is 57.7 Å². The van der Waals surface area contributed by atoms with E-state index in [1.54, 1.807) is 0 Å². The van der Waals surface area contributed by atoms with E-state index in [0.29, 0.717) is 19.1 Å². The molecule has 17 heavy (non-hydrogen) atoms. The minimum Gasteiger partial charge on any atom is -0.466 e. The summed E-state index contributed by atoms with van der Waals surface area (Å²) in [6.45, 7) is 4.68. The molecule has 0 radical (unpaired) electrons. The number of hydrogen-bond donors (Lipinski definition) is 0. The fraction of sp³-hybridized carbons (Fsp3) is 0.923. The summed E-state index contributed by atoms with van der Waals surface area (Å²) in [7, 11) is 0. The van der Waals surface area contributed by atoms with E-state index in [1.165, 1.54) is 25.0 Å². The Morgan fingerprint density at radius 2 is 2.12 bits per heavy atom. The van der Waals surface area contributed by atoms with Gasteiger partial charge in [-0.1, -0.05) is 0 Å². The zero-order valence-electron chi connectivity index (χ0n) is 11.1. The highest BCUT2D eigenvalue weighted by molar-refractivity contribution is 7.98. The zero-order chi connectivity index (χ0) is 12.5. The minimum absolute atomic E-state index is 0.0337. The Morgan fingerprint density at radius 1 is 1.41 bits per heavy atom. The first-order valence-electron chi connectivity index (χ1n) is 6.66. The number of carbonyl (C=O) groups excluding carboxylic acids is 1. The number of rotatable bonds is 8. The van der Waals surface area contributed by atoms with Crippen LogP contribution in [0, 0.1) is 0 Å². The van der Waals surface area contributed by atoms with Crippen molar-refractivity contribution in [3.8, 4) is 0 Å². The second-order valence-electron chi connectivity index (χ2n) is 4.54. The predicted molar refractivity (Wildman–Crippen MR) is 73.5 cm³/mol. The van der Waals surface area contributed by atoms with Crippen LogP contribution in [0.5, 0.6) is 0 Å². The number of hydrogen-bond acceptors (Lipinski definition) is 4. The molecule has 1 rings (SSSR count). The molecule has 4 heteroatoms. The maximum absolute atomic E-state index is 11.6. The summed E-state index contributed by atoms with van der Waals surface area (Å²) in [4.78, 5) is 14.1. The Morgan fingerprint density at radius 3 is 2.71 bits per heavy atom. The van der Waals surface area contributed by atoms with Crippen LogP contribution in [0.4, 0.5) is 0 Å². The topological polar surface area (TPSA) is 29.5 Å². The normalized spacial score (nSPS) is 18.2. The number of nitrogens with zero attached hydrogens (tertiary/aromatic N) is 1. The summed E-state index contributed by atoms with van der Waals surface area (Å²) in [5, 5.41) is 0. The van der Waals surface area contributed by atoms with Crippen molar-refractivity contribution in [2.24, 2.45) is 0 Å². The van der Waals surface area contributed by atoms with Crippen molar-refractivity contribution in [2.75, 3.05) is 31.7 Å². The fourth-order valence-electron chi connectivity index (χ4n) is 2.40. The third-order valence-electron chi connectivity index (χ3n) is 3.25. The van der Waals surface area contributed by atoms with Gasteiger partial charge in [-0.15, -0.1) is 0 Å². The highest BCUT2D eigenvalue weighted by Gasteiger charge is 2.24. The fourth-order valence-corrected chi connectivity index (χ4v) is 2.85. The Balaban J connectivity index is 2.37. The minimum atomic E-state index is -0.0337. The lowest BCUT2D eigenvalue weighted by Crippen LogP contribution is -2.35. The van der Waals surface area contributed by atoms with Crippen LogP contribution in [0.2, 0.25) is 0 Å². The molecular weight excluding hydrogens is 234 g/mol. The molecule has 0 aromatic rings. The van der Waals surface area contributed by atoms with Gasteiger partial charge in [0.2, 0.25) is 0 Å². The molecule has 1 fully saturated rings.